The Morgan fingerprint density at radius 2 is 1.88 bits per heavy atom. The maximum Gasteiger partial charge on any atom is 0.265 e. The molecule has 0 saturated carbocycles. The number of anilines is 2. The number of amides is 2. The summed E-state index contributed by atoms with van der Waals surface area (Å²) in [4.78, 5) is 37.9. The lowest BCUT2D eigenvalue weighted by Gasteiger charge is -2.33. The zero-order valence-corrected chi connectivity index (χ0v) is 14.3. The average molecular weight is 356 g/mol. The zero-order valence-electron chi connectivity index (χ0n) is 14.3. The first-order valence-corrected chi connectivity index (χ1v) is 8.03. The van der Waals surface area contributed by atoms with E-state index in [9.17, 15) is 18.8 Å². The third-order valence-corrected chi connectivity index (χ3v) is 4.12. The minimum Gasteiger partial charge on any atom is -0.482 e. The molecule has 2 aromatic rings. The highest BCUT2D eigenvalue weighted by molar-refractivity contribution is 6.07. The topological polar surface area (TPSA) is 75.7 Å². The summed E-state index contributed by atoms with van der Waals surface area (Å²) in [7, 11) is 0. The quantitative estimate of drug-likeness (QED) is 0.855. The lowest BCUT2D eigenvalue weighted by Crippen LogP contribution is -2.49. The Labute approximate surface area is 149 Å². The van der Waals surface area contributed by atoms with E-state index in [1.165, 1.54) is 42.2 Å². The molecule has 0 aromatic heterocycles. The number of nitrogens with zero attached hydrogens (tertiary/aromatic N) is 1. The van der Waals surface area contributed by atoms with Gasteiger partial charge in [-0.1, -0.05) is 0 Å². The fourth-order valence-corrected chi connectivity index (χ4v) is 2.71. The molecule has 1 heterocycles. The molecule has 0 bridgehead atoms. The van der Waals surface area contributed by atoms with Gasteiger partial charge in [0.2, 0.25) is 5.91 Å². The first-order chi connectivity index (χ1) is 12.4. The van der Waals surface area contributed by atoms with Crippen LogP contribution in [0.1, 0.15) is 24.2 Å². The van der Waals surface area contributed by atoms with E-state index in [-0.39, 0.29) is 18.3 Å². The highest BCUT2D eigenvalue weighted by Gasteiger charge is 2.33. The van der Waals surface area contributed by atoms with Gasteiger partial charge in [-0.15, -0.1) is 0 Å². The van der Waals surface area contributed by atoms with Crippen molar-refractivity contribution >= 4 is 29.0 Å². The van der Waals surface area contributed by atoms with Crippen molar-refractivity contribution in [3.05, 3.63) is 53.8 Å². The van der Waals surface area contributed by atoms with Crippen molar-refractivity contribution in [1.29, 1.82) is 0 Å². The second-order valence-corrected chi connectivity index (χ2v) is 5.96. The van der Waals surface area contributed by atoms with Crippen LogP contribution in [-0.2, 0) is 9.59 Å². The van der Waals surface area contributed by atoms with Gasteiger partial charge in [-0.2, -0.15) is 0 Å². The number of Topliss-reactive ketones (excluding diaryl/α,β-unsaturated/α-hetero) is 1. The van der Waals surface area contributed by atoms with Crippen molar-refractivity contribution in [2.24, 2.45) is 0 Å². The second kappa shape index (κ2) is 6.95. The molecule has 7 heteroatoms. The summed E-state index contributed by atoms with van der Waals surface area (Å²) in [6.07, 6.45) is 0. The summed E-state index contributed by atoms with van der Waals surface area (Å²) in [6, 6.07) is 9.23. The van der Waals surface area contributed by atoms with Gasteiger partial charge in [0.25, 0.3) is 5.91 Å². The number of ether oxygens (including phenoxy) is 1. The Kier molecular flexibility index (Phi) is 4.71. The standard InChI is InChI=1S/C19H17FN2O4/c1-11(19(25)21-15-6-4-14(20)5-7-15)22-16-9-13(12(2)23)3-8-17(16)26-10-18(22)24/h3-9,11H,10H2,1-2H3,(H,21,25). The zero-order chi connectivity index (χ0) is 18.8. The third kappa shape index (κ3) is 3.42. The largest absolute Gasteiger partial charge is 0.482 e. The van der Waals surface area contributed by atoms with Crippen molar-refractivity contribution in [2.45, 2.75) is 19.9 Å². The van der Waals surface area contributed by atoms with Gasteiger partial charge < -0.3 is 10.1 Å². The van der Waals surface area contributed by atoms with Crippen LogP contribution in [0.4, 0.5) is 15.8 Å². The number of fused-ring (bicyclic) bond motifs is 1. The van der Waals surface area contributed by atoms with Crippen LogP contribution < -0.4 is 15.0 Å². The fraction of sp³-hybridized carbons (Fsp3) is 0.211. The van der Waals surface area contributed by atoms with Crippen LogP contribution >= 0.6 is 0 Å². The van der Waals surface area contributed by atoms with E-state index in [1.54, 1.807) is 19.1 Å². The molecule has 1 aliphatic rings. The maximum absolute atomic E-state index is 13.0. The summed E-state index contributed by atoms with van der Waals surface area (Å²) >= 11 is 0. The molecule has 2 amide bonds. The number of hydrogen-bond donors (Lipinski definition) is 1. The van der Waals surface area contributed by atoms with Gasteiger partial charge in [0.1, 0.15) is 17.6 Å². The molecule has 6 nitrogen and oxygen atoms in total. The number of nitrogens with one attached hydrogen (secondary N) is 1. The van der Waals surface area contributed by atoms with Crippen LogP contribution in [0.3, 0.4) is 0 Å². The Morgan fingerprint density at radius 1 is 1.19 bits per heavy atom. The van der Waals surface area contributed by atoms with E-state index in [0.717, 1.165) is 0 Å². The van der Waals surface area contributed by atoms with E-state index in [4.69, 9.17) is 4.74 Å². The summed E-state index contributed by atoms with van der Waals surface area (Å²) < 4.78 is 18.4. The molecule has 2 aromatic carbocycles. The number of halogens is 1. The van der Waals surface area contributed by atoms with Crippen molar-refractivity contribution in [2.75, 3.05) is 16.8 Å². The molecule has 0 spiro atoms. The van der Waals surface area contributed by atoms with Crippen molar-refractivity contribution in [3.8, 4) is 5.75 Å². The molecule has 1 aliphatic heterocycles. The Balaban J connectivity index is 1.88. The molecular formula is C19H17FN2O4. The monoisotopic (exact) mass is 356 g/mol. The summed E-state index contributed by atoms with van der Waals surface area (Å²) in [5.41, 5.74) is 1.20. The van der Waals surface area contributed by atoms with Gasteiger partial charge in [0.05, 0.1) is 5.69 Å². The van der Waals surface area contributed by atoms with Gasteiger partial charge in [-0.3, -0.25) is 19.3 Å². The van der Waals surface area contributed by atoms with E-state index in [0.29, 0.717) is 22.7 Å². The van der Waals surface area contributed by atoms with E-state index in [1.807, 2.05) is 0 Å². The van der Waals surface area contributed by atoms with Crippen LogP contribution in [0.15, 0.2) is 42.5 Å². The first kappa shape index (κ1) is 17.6. The van der Waals surface area contributed by atoms with Crippen molar-refractivity contribution in [1.82, 2.24) is 0 Å². The molecule has 1 atom stereocenters. The molecule has 0 aliphatic carbocycles. The molecule has 1 unspecified atom stereocenters. The predicted octanol–water partition coefficient (Wildman–Crippen LogP) is 2.78. The number of hydrogen-bond acceptors (Lipinski definition) is 4. The van der Waals surface area contributed by atoms with Crippen LogP contribution in [-0.4, -0.2) is 30.2 Å². The molecule has 0 radical (unpaired) electrons. The van der Waals surface area contributed by atoms with Crippen molar-refractivity contribution in [3.63, 3.8) is 0 Å². The normalized spacial score (nSPS) is 14.3. The molecule has 1 N–H and O–H groups in total. The van der Waals surface area contributed by atoms with Gasteiger partial charge in [0, 0.05) is 11.3 Å². The summed E-state index contributed by atoms with van der Waals surface area (Å²) in [5, 5.41) is 2.65. The fourth-order valence-electron chi connectivity index (χ4n) is 2.71. The van der Waals surface area contributed by atoms with Crippen LogP contribution in [0.25, 0.3) is 0 Å². The summed E-state index contributed by atoms with van der Waals surface area (Å²) in [6.45, 7) is 2.80. The highest BCUT2D eigenvalue weighted by atomic mass is 19.1. The van der Waals surface area contributed by atoms with Crippen LogP contribution in [0.5, 0.6) is 5.75 Å². The summed E-state index contributed by atoms with van der Waals surface area (Å²) in [5.74, 6) is -0.971. The smallest absolute Gasteiger partial charge is 0.265 e. The maximum atomic E-state index is 13.0. The second-order valence-electron chi connectivity index (χ2n) is 5.96. The van der Waals surface area contributed by atoms with Gasteiger partial charge >= 0.3 is 0 Å². The van der Waals surface area contributed by atoms with Gasteiger partial charge in [-0.05, 0) is 56.3 Å². The minimum atomic E-state index is -0.850. The van der Waals surface area contributed by atoms with Crippen molar-refractivity contribution < 1.29 is 23.5 Å². The number of carbonyl (C=O) groups excluding carboxylic acids is 3. The highest BCUT2D eigenvalue weighted by Crippen LogP contribution is 2.34. The van der Waals surface area contributed by atoms with Crippen LogP contribution in [0, 0.1) is 5.82 Å². The van der Waals surface area contributed by atoms with E-state index >= 15 is 0 Å². The molecule has 0 fully saturated rings. The number of rotatable bonds is 4. The number of carbonyl (C=O) groups is 3. The molecule has 26 heavy (non-hydrogen) atoms. The molecule has 134 valence electrons. The number of benzene rings is 2. The van der Waals surface area contributed by atoms with Crippen LogP contribution in [0.2, 0.25) is 0 Å². The van der Waals surface area contributed by atoms with E-state index in [2.05, 4.69) is 5.32 Å². The average Bonchev–Trinajstić information content (AvgIpc) is 2.62. The Morgan fingerprint density at radius 3 is 2.54 bits per heavy atom. The predicted molar refractivity (Wildman–Crippen MR) is 93.9 cm³/mol. The lowest BCUT2D eigenvalue weighted by molar-refractivity contribution is -0.125. The lowest BCUT2D eigenvalue weighted by atomic mass is 10.1. The van der Waals surface area contributed by atoms with Gasteiger partial charge in [-0.25, -0.2) is 4.39 Å². The molecule has 3 rings (SSSR count). The number of ketones is 1. The molecular weight excluding hydrogens is 339 g/mol. The SMILES string of the molecule is CC(=O)c1ccc2c(c1)N(C(C)C(=O)Nc1ccc(F)cc1)C(=O)CO2. The first-order valence-electron chi connectivity index (χ1n) is 8.03. The van der Waals surface area contributed by atoms with Gasteiger partial charge in [0.15, 0.2) is 12.4 Å². The Bertz CT molecular complexity index is 880. The minimum absolute atomic E-state index is 0.158. The third-order valence-electron chi connectivity index (χ3n) is 4.12. The van der Waals surface area contributed by atoms with E-state index < -0.39 is 17.8 Å². The Hall–Kier alpha value is -3.22. The molecule has 0 saturated heterocycles.